The number of allylic oxidation sites excluding steroid dienone is 1. The Balaban J connectivity index is 2.31. The summed E-state index contributed by atoms with van der Waals surface area (Å²) in [6.07, 6.45) is 0.741. The summed E-state index contributed by atoms with van der Waals surface area (Å²) in [5.74, 6) is 1.24. The van der Waals surface area contributed by atoms with Crippen LogP contribution in [0.1, 0.15) is 13.3 Å². The Morgan fingerprint density at radius 2 is 2.27 bits per heavy atom. The number of aliphatic hydroxyl groups excluding tert-OH is 1. The summed E-state index contributed by atoms with van der Waals surface area (Å²) in [6, 6.07) is 0. The Morgan fingerprint density at radius 1 is 1.45 bits per heavy atom. The van der Waals surface area contributed by atoms with Crippen molar-refractivity contribution in [3.8, 4) is 0 Å². The molecule has 1 N–H and O–H groups in total. The highest BCUT2D eigenvalue weighted by Crippen LogP contribution is 2.33. The smallest absolute Gasteiger partial charge is 0.188 e. The molecule has 0 radical (unpaired) electrons. The van der Waals surface area contributed by atoms with E-state index in [4.69, 9.17) is 9.47 Å². The predicted molar refractivity (Wildman–Crippen MR) is 38.9 cm³/mol. The molecule has 0 bridgehead atoms. The molecule has 0 saturated heterocycles. The minimum atomic E-state index is 0.319. The van der Waals surface area contributed by atoms with Crippen molar-refractivity contribution in [2.75, 3.05) is 13.4 Å². The minimum Gasteiger partial charge on any atom is -0.507 e. The Morgan fingerprint density at radius 3 is 3.00 bits per heavy atom. The van der Waals surface area contributed by atoms with Crippen LogP contribution in [-0.2, 0) is 9.47 Å². The number of ether oxygens (including phenoxy) is 2. The standard InChI is InChI=1S/C8H10O3/c1-5-2-7-6(8(5)9)3-10-4-11-7/h9H,2-4H2,1H3. The summed E-state index contributed by atoms with van der Waals surface area (Å²) < 4.78 is 10.2. The van der Waals surface area contributed by atoms with Crippen LogP contribution in [0, 0.1) is 0 Å². The second kappa shape index (κ2) is 2.27. The lowest BCUT2D eigenvalue weighted by Crippen LogP contribution is -2.11. The van der Waals surface area contributed by atoms with Crippen molar-refractivity contribution in [2.45, 2.75) is 13.3 Å². The maximum absolute atomic E-state index is 9.45. The van der Waals surface area contributed by atoms with Crippen LogP contribution in [0.5, 0.6) is 0 Å². The molecule has 0 amide bonds. The SMILES string of the molecule is CC1=C(O)C2=C(C1)OCOC2. The van der Waals surface area contributed by atoms with Crippen LogP contribution in [0.15, 0.2) is 22.7 Å². The fraction of sp³-hybridized carbons (Fsp3) is 0.500. The Bertz CT molecular complexity index is 250. The largest absolute Gasteiger partial charge is 0.507 e. The molecule has 0 aromatic heterocycles. The van der Waals surface area contributed by atoms with Crippen molar-refractivity contribution in [1.82, 2.24) is 0 Å². The van der Waals surface area contributed by atoms with E-state index in [1.54, 1.807) is 0 Å². The molecule has 60 valence electrons. The van der Waals surface area contributed by atoms with Crippen LogP contribution < -0.4 is 0 Å². The molecule has 0 aromatic rings. The minimum absolute atomic E-state index is 0.319. The van der Waals surface area contributed by atoms with Crippen molar-refractivity contribution in [3.63, 3.8) is 0 Å². The number of aliphatic hydroxyl groups is 1. The Hall–Kier alpha value is -0.960. The van der Waals surface area contributed by atoms with Crippen molar-refractivity contribution in [3.05, 3.63) is 22.7 Å². The molecule has 1 aliphatic carbocycles. The molecule has 3 nitrogen and oxygen atoms in total. The third kappa shape index (κ3) is 0.922. The van der Waals surface area contributed by atoms with Gasteiger partial charge >= 0.3 is 0 Å². The molecule has 0 fully saturated rings. The maximum Gasteiger partial charge on any atom is 0.188 e. The van der Waals surface area contributed by atoms with Crippen LogP contribution in [0.4, 0.5) is 0 Å². The van der Waals surface area contributed by atoms with Crippen molar-refractivity contribution in [2.24, 2.45) is 0 Å². The molecule has 0 unspecified atom stereocenters. The first-order valence-electron chi connectivity index (χ1n) is 3.60. The summed E-state index contributed by atoms with van der Waals surface area (Å²) in [5, 5.41) is 9.45. The maximum atomic E-state index is 9.45. The third-order valence-corrected chi connectivity index (χ3v) is 2.02. The highest BCUT2D eigenvalue weighted by molar-refractivity contribution is 5.41. The van der Waals surface area contributed by atoms with Crippen LogP contribution in [-0.4, -0.2) is 18.5 Å². The molecule has 0 spiro atoms. The van der Waals surface area contributed by atoms with Crippen LogP contribution in [0.2, 0.25) is 0 Å². The molecular weight excluding hydrogens is 144 g/mol. The van der Waals surface area contributed by atoms with E-state index in [1.165, 1.54) is 0 Å². The van der Waals surface area contributed by atoms with Crippen molar-refractivity contribution in [1.29, 1.82) is 0 Å². The van der Waals surface area contributed by atoms with Gasteiger partial charge in [0.2, 0.25) is 0 Å². The number of hydrogen-bond donors (Lipinski definition) is 1. The molecule has 0 aromatic carbocycles. The fourth-order valence-corrected chi connectivity index (χ4v) is 1.36. The quantitative estimate of drug-likeness (QED) is 0.574. The normalized spacial score (nSPS) is 23.7. The molecule has 2 rings (SSSR count). The van der Waals surface area contributed by atoms with Crippen molar-refractivity contribution >= 4 is 0 Å². The zero-order valence-corrected chi connectivity index (χ0v) is 6.39. The van der Waals surface area contributed by atoms with Gasteiger partial charge in [-0.15, -0.1) is 0 Å². The summed E-state index contributed by atoms with van der Waals surface area (Å²) in [4.78, 5) is 0. The molecule has 2 aliphatic rings. The lowest BCUT2D eigenvalue weighted by Gasteiger charge is -2.16. The molecule has 3 heteroatoms. The summed E-state index contributed by atoms with van der Waals surface area (Å²) in [5.41, 5.74) is 1.80. The van der Waals surface area contributed by atoms with Gasteiger partial charge < -0.3 is 14.6 Å². The topological polar surface area (TPSA) is 38.7 Å². The van der Waals surface area contributed by atoms with Crippen molar-refractivity contribution < 1.29 is 14.6 Å². The Kier molecular flexibility index (Phi) is 1.39. The highest BCUT2D eigenvalue weighted by atomic mass is 16.7. The van der Waals surface area contributed by atoms with E-state index in [2.05, 4.69) is 0 Å². The zero-order chi connectivity index (χ0) is 7.84. The van der Waals surface area contributed by atoms with Gasteiger partial charge in [-0.1, -0.05) is 0 Å². The first-order valence-corrected chi connectivity index (χ1v) is 3.60. The van der Waals surface area contributed by atoms with Gasteiger partial charge in [-0.2, -0.15) is 0 Å². The highest BCUT2D eigenvalue weighted by Gasteiger charge is 2.25. The van der Waals surface area contributed by atoms with E-state index in [1.807, 2.05) is 6.92 Å². The van der Waals surface area contributed by atoms with Gasteiger partial charge in [-0.3, -0.25) is 0 Å². The molecule has 11 heavy (non-hydrogen) atoms. The van der Waals surface area contributed by atoms with Gasteiger partial charge in [0.15, 0.2) is 6.79 Å². The van der Waals surface area contributed by atoms with E-state index >= 15 is 0 Å². The zero-order valence-electron chi connectivity index (χ0n) is 6.39. The molecule has 1 heterocycles. The van der Waals surface area contributed by atoms with Crippen LogP contribution in [0.3, 0.4) is 0 Å². The van der Waals surface area contributed by atoms with E-state index in [0.717, 1.165) is 23.3 Å². The average molecular weight is 154 g/mol. The predicted octanol–water partition coefficient (Wildman–Crippen LogP) is 1.48. The second-order valence-electron chi connectivity index (χ2n) is 2.82. The third-order valence-electron chi connectivity index (χ3n) is 2.02. The van der Waals surface area contributed by atoms with Crippen LogP contribution in [0.25, 0.3) is 0 Å². The molecule has 0 saturated carbocycles. The van der Waals surface area contributed by atoms with Gasteiger partial charge in [0.1, 0.15) is 11.5 Å². The lowest BCUT2D eigenvalue weighted by atomic mass is 10.2. The summed E-state index contributed by atoms with van der Waals surface area (Å²) >= 11 is 0. The van der Waals surface area contributed by atoms with Gasteiger partial charge in [0, 0.05) is 6.42 Å². The van der Waals surface area contributed by atoms with Gasteiger partial charge in [0.25, 0.3) is 0 Å². The number of hydrogen-bond acceptors (Lipinski definition) is 3. The van der Waals surface area contributed by atoms with Gasteiger partial charge in [-0.25, -0.2) is 0 Å². The van der Waals surface area contributed by atoms with E-state index < -0.39 is 0 Å². The monoisotopic (exact) mass is 154 g/mol. The van der Waals surface area contributed by atoms with E-state index in [0.29, 0.717) is 19.2 Å². The molecule has 0 atom stereocenters. The summed E-state index contributed by atoms with van der Waals surface area (Å²) in [7, 11) is 0. The lowest BCUT2D eigenvalue weighted by molar-refractivity contribution is -0.0361. The average Bonchev–Trinajstić information content (AvgIpc) is 2.30. The van der Waals surface area contributed by atoms with E-state index in [9.17, 15) is 5.11 Å². The summed E-state index contributed by atoms with van der Waals surface area (Å²) in [6.45, 7) is 2.70. The van der Waals surface area contributed by atoms with E-state index in [-0.39, 0.29) is 0 Å². The molecular formula is C8H10O3. The molecule has 1 aliphatic heterocycles. The second-order valence-corrected chi connectivity index (χ2v) is 2.82. The first kappa shape index (κ1) is 6.73. The van der Waals surface area contributed by atoms with Crippen LogP contribution >= 0.6 is 0 Å². The fourth-order valence-electron chi connectivity index (χ4n) is 1.36. The van der Waals surface area contributed by atoms with Gasteiger partial charge in [0.05, 0.1) is 12.2 Å². The Labute approximate surface area is 64.9 Å². The van der Waals surface area contributed by atoms with Gasteiger partial charge in [-0.05, 0) is 12.5 Å². The first-order chi connectivity index (χ1) is 5.29. The number of rotatable bonds is 0.